The molecular weight excluding hydrogens is 316 g/mol. The van der Waals surface area contributed by atoms with Gasteiger partial charge in [-0.05, 0) is 30.7 Å². The summed E-state index contributed by atoms with van der Waals surface area (Å²) >= 11 is 0. The van der Waals surface area contributed by atoms with Crippen molar-refractivity contribution in [3.05, 3.63) is 71.8 Å². The Kier molecular flexibility index (Phi) is 4.42. The van der Waals surface area contributed by atoms with E-state index in [1.807, 2.05) is 18.0 Å². The molecule has 0 saturated heterocycles. The molecule has 3 rings (SSSR count). The van der Waals surface area contributed by atoms with E-state index in [2.05, 4.69) is 6.58 Å². The molecule has 128 valence electrons. The van der Waals surface area contributed by atoms with Crippen LogP contribution in [0.25, 0.3) is 0 Å². The highest BCUT2D eigenvalue weighted by Gasteiger charge is 2.41. The Morgan fingerprint density at radius 3 is 2.36 bits per heavy atom. The molecule has 0 radical (unpaired) electrons. The Labute approximate surface area is 146 Å². The van der Waals surface area contributed by atoms with E-state index >= 15 is 0 Å². The Morgan fingerprint density at radius 2 is 1.76 bits per heavy atom. The van der Waals surface area contributed by atoms with Gasteiger partial charge in [0.1, 0.15) is 0 Å². The average molecular weight is 336 g/mol. The number of hydrogen-bond acceptors (Lipinski definition) is 4. The van der Waals surface area contributed by atoms with E-state index in [1.165, 1.54) is 4.90 Å². The number of rotatable bonds is 5. The zero-order valence-corrected chi connectivity index (χ0v) is 14.3. The molecule has 0 bridgehead atoms. The lowest BCUT2D eigenvalue weighted by Crippen LogP contribution is -2.30. The molecular formula is C20H20N2O3. The molecule has 5 nitrogen and oxygen atoms in total. The first-order valence-electron chi connectivity index (χ1n) is 8.08. The first-order valence-corrected chi connectivity index (χ1v) is 8.08. The number of anilines is 2. The number of imide groups is 1. The highest BCUT2D eigenvalue weighted by atomic mass is 16.3. The number of hydrogen-bond donors (Lipinski definition) is 1. The smallest absolute Gasteiger partial charge is 0.268 e. The second kappa shape index (κ2) is 6.53. The number of aliphatic hydroxyl groups excluding tert-OH is 1. The van der Waals surface area contributed by atoms with Crippen molar-refractivity contribution in [2.75, 3.05) is 23.4 Å². The molecule has 2 aromatic carbocycles. The van der Waals surface area contributed by atoms with E-state index in [1.54, 1.807) is 49.4 Å². The van der Waals surface area contributed by atoms with E-state index in [0.717, 1.165) is 0 Å². The van der Waals surface area contributed by atoms with Crippen LogP contribution in [0.3, 0.4) is 0 Å². The summed E-state index contributed by atoms with van der Waals surface area (Å²) in [6, 6.07) is 12.3. The third-order valence-electron chi connectivity index (χ3n) is 4.33. The fraction of sp³-hybridized carbons (Fsp3) is 0.200. The highest BCUT2D eigenvalue weighted by molar-refractivity contribution is 6.36. The first kappa shape index (κ1) is 16.9. The van der Waals surface area contributed by atoms with Gasteiger partial charge in [0.15, 0.2) is 0 Å². The minimum atomic E-state index is -0.847. The van der Waals surface area contributed by atoms with Gasteiger partial charge in [-0.15, -0.1) is 6.58 Å². The van der Waals surface area contributed by atoms with Gasteiger partial charge < -0.3 is 10.0 Å². The molecule has 2 aromatic rings. The van der Waals surface area contributed by atoms with Crippen LogP contribution in [0.5, 0.6) is 0 Å². The van der Waals surface area contributed by atoms with Crippen molar-refractivity contribution in [3.63, 3.8) is 0 Å². The first-order chi connectivity index (χ1) is 12.0. The molecule has 1 unspecified atom stereocenters. The third kappa shape index (κ3) is 2.72. The number of likely N-dealkylation sites (N-methyl/N-ethyl adjacent to an activating group) is 1. The van der Waals surface area contributed by atoms with Gasteiger partial charge in [-0.2, -0.15) is 0 Å². The number of fused-ring (bicyclic) bond motifs is 1. The molecule has 0 saturated carbocycles. The van der Waals surface area contributed by atoms with Gasteiger partial charge in [-0.1, -0.05) is 30.3 Å². The monoisotopic (exact) mass is 336 g/mol. The molecule has 0 fully saturated rings. The van der Waals surface area contributed by atoms with Gasteiger partial charge in [0.25, 0.3) is 11.8 Å². The predicted molar refractivity (Wildman–Crippen MR) is 98.1 cm³/mol. The highest BCUT2D eigenvalue weighted by Crippen LogP contribution is 2.38. The minimum Gasteiger partial charge on any atom is -0.389 e. The Bertz CT molecular complexity index is 844. The minimum absolute atomic E-state index is 0.275. The van der Waals surface area contributed by atoms with Crippen LogP contribution in [0.15, 0.2) is 55.1 Å². The molecule has 25 heavy (non-hydrogen) atoms. The molecule has 1 atom stereocenters. The number of para-hydroxylation sites is 1. The van der Waals surface area contributed by atoms with E-state index in [0.29, 0.717) is 29.0 Å². The van der Waals surface area contributed by atoms with Crippen LogP contribution in [0.2, 0.25) is 0 Å². The molecule has 0 aromatic heterocycles. The third-order valence-corrected chi connectivity index (χ3v) is 4.33. The maximum absolute atomic E-state index is 13.1. The summed E-state index contributed by atoms with van der Waals surface area (Å²) in [5, 5.41) is 10.1. The fourth-order valence-corrected chi connectivity index (χ4v) is 3.14. The quantitative estimate of drug-likeness (QED) is 0.673. The van der Waals surface area contributed by atoms with Gasteiger partial charge in [-0.25, -0.2) is 4.90 Å². The summed E-state index contributed by atoms with van der Waals surface area (Å²) in [5.74, 6) is -0.782. The van der Waals surface area contributed by atoms with Crippen LogP contribution in [-0.2, 0) is 0 Å². The van der Waals surface area contributed by atoms with Crippen LogP contribution in [0, 0.1) is 0 Å². The second-order valence-electron chi connectivity index (χ2n) is 6.05. The van der Waals surface area contributed by atoms with Crippen molar-refractivity contribution in [1.29, 1.82) is 0 Å². The maximum atomic E-state index is 13.1. The van der Waals surface area contributed by atoms with Gasteiger partial charge in [0.2, 0.25) is 0 Å². The largest absolute Gasteiger partial charge is 0.389 e. The van der Waals surface area contributed by atoms with E-state index < -0.39 is 12.0 Å². The molecule has 1 heterocycles. The number of benzene rings is 2. The molecule has 0 aliphatic carbocycles. The van der Waals surface area contributed by atoms with Crippen LogP contribution < -0.4 is 9.80 Å². The Hall–Kier alpha value is -2.92. The number of amides is 2. The van der Waals surface area contributed by atoms with Gasteiger partial charge in [0, 0.05) is 13.6 Å². The van der Waals surface area contributed by atoms with Crippen LogP contribution in [0.1, 0.15) is 39.3 Å². The second-order valence-corrected chi connectivity index (χ2v) is 6.05. The van der Waals surface area contributed by atoms with Crippen molar-refractivity contribution in [1.82, 2.24) is 0 Å². The fourth-order valence-electron chi connectivity index (χ4n) is 3.14. The van der Waals surface area contributed by atoms with Crippen molar-refractivity contribution >= 4 is 23.2 Å². The molecule has 0 spiro atoms. The van der Waals surface area contributed by atoms with Gasteiger partial charge >= 0.3 is 0 Å². The maximum Gasteiger partial charge on any atom is 0.268 e. The van der Waals surface area contributed by atoms with Crippen molar-refractivity contribution < 1.29 is 14.7 Å². The normalized spacial score (nSPS) is 14.4. The molecule has 1 aliphatic rings. The summed E-state index contributed by atoms with van der Waals surface area (Å²) in [4.78, 5) is 29.1. The SMILES string of the molecule is C=CCN(C)c1ccc(C(C)O)c2c1C(=O)N(c1ccccc1)C2=O. The molecule has 1 aliphatic heterocycles. The van der Waals surface area contributed by atoms with E-state index in [4.69, 9.17) is 0 Å². The molecule has 1 N–H and O–H groups in total. The number of carbonyl (C=O) groups excluding carboxylic acids is 2. The van der Waals surface area contributed by atoms with Crippen LogP contribution in [-0.4, -0.2) is 30.5 Å². The zero-order valence-electron chi connectivity index (χ0n) is 14.3. The predicted octanol–water partition coefficient (Wildman–Crippen LogP) is 3.16. The lowest BCUT2D eigenvalue weighted by molar-refractivity contribution is 0.0924. The summed E-state index contributed by atoms with van der Waals surface area (Å²) in [6.07, 6.45) is 0.880. The van der Waals surface area contributed by atoms with Crippen molar-refractivity contribution in [3.8, 4) is 0 Å². The van der Waals surface area contributed by atoms with Crippen molar-refractivity contribution in [2.24, 2.45) is 0 Å². The molecule has 5 heteroatoms. The summed E-state index contributed by atoms with van der Waals surface area (Å²) in [5.41, 5.74) is 2.23. The summed E-state index contributed by atoms with van der Waals surface area (Å²) < 4.78 is 0. The average Bonchev–Trinajstić information content (AvgIpc) is 2.86. The number of nitrogens with zero attached hydrogens (tertiary/aromatic N) is 2. The summed E-state index contributed by atoms with van der Waals surface area (Å²) in [7, 11) is 1.84. The van der Waals surface area contributed by atoms with Gasteiger partial charge in [-0.3, -0.25) is 9.59 Å². The van der Waals surface area contributed by atoms with Crippen LogP contribution in [0.4, 0.5) is 11.4 Å². The molecule has 2 amide bonds. The topological polar surface area (TPSA) is 60.9 Å². The number of carbonyl (C=O) groups is 2. The Balaban J connectivity index is 2.21. The van der Waals surface area contributed by atoms with Crippen molar-refractivity contribution in [2.45, 2.75) is 13.0 Å². The van der Waals surface area contributed by atoms with E-state index in [-0.39, 0.29) is 11.5 Å². The van der Waals surface area contributed by atoms with Crippen LogP contribution >= 0.6 is 0 Å². The van der Waals surface area contributed by atoms with Gasteiger partial charge in [0.05, 0.1) is 28.6 Å². The lowest BCUT2D eigenvalue weighted by atomic mass is 9.97. The van der Waals surface area contributed by atoms with E-state index in [9.17, 15) is 14.7 Å². The summed E-state index contributed by atoms with van der Waals surface area (Å²) in [6.45, 7) is 5.84. The zero-order chi connectivity index (χ0) is 18.1. The number of aliphatic hydroxyl groups is 1. The standard InChI is InChI=1S/C20H20N2O3/c1-4-12-21(3)16-11-10-15(13(2)23)17-18(16)20(25)22(19(17)24)14-8-6-5-7-9-14/h4-11,13,23H,1,12H2,2-3H3. The lowest BCUT2D eigenvalue weighted by Gasteiger charge is -2.21. The Morgan fingerprint density at radius 1 is 1.12 bits per heavy atom.